The summed E-state index contributed by atoms with van der Waals surface area (Å²) in [5.74, 6) is -0.109. The molecule has 0 spiro atoms. The molecule has 6 nitrogen and oxygen atoms in total. The van der Waals surface area contributed by atoms with Crippen LogP contribution < -0.4 is 9.47 Å². The number of esters is 2. The number of carbonyl (C=O) groups excluding carboxylic acids is 2. The number of hydrogen-bond acceptors (Lipinski definition) is 6. The lowest BCUT2D eigenvalue weighted by Crippen LogP contribution is -2.05. The van der Waals surface area contributed by atoms with Crippen LogP contribution in [-0.2, 0) is 9.59 Å². The Morgan fingerprint density at radius 3 is 1.68 bits per heavy atom. The Bertz CT molecular complexity index is 1310. The molecule has 31 heavy (non-hydrogen) atoms. The minimum absolute atomic E-state index is 0.377. The van der Waals surface area contributed by atoms with Gasteiger partial charge < -0.3 is 9.47 Å². The molecule has 0 atom stereocenters. The zero-order valence-electron chi connectivity index (χ0n) is 17.4. The highest BCUT2D eigenvalue weighted by Gasteiger charge is 2.20. The number of rotatable bonds is 4. The van der Waals surface area contributed by atoms with Gasteiger partial charge in [0.25, 0.3) is 0 Å². The minimum Gasteiger partial charge on any atom is -0.426 e. The van der Waals surface area contributed by atoms with Crippen molar-refractivity contribution in [3.63, 3.8) is 0 Å². The highest BCUT2D eigenvalue weighted by molar-refractivity contribution is 5.90. The van der Waals surface area contributed by atoms with Gasteiger partial charge in [0.2, 0.25) is 0 Å². The summed E-state index contributed by atoms with van der Waals surface area (Å²) in [7, 11) is 0. The van der Waals surface area contributed by atoms with Crippen LogP contribution in [-0.4, -0.2) is 21.9 Å². The van der Waals surface area contributed by atoms with E-state index in [1.54, 1.807) is 24.3 Å². The van der Waals surface area contributed by atoms with Crippen molar-refractivity contribution in [1.29, 1.82) is 0 Å². The fraction of sp³-hybridized carbons (Fsp3) is 0.120. The molecule has 0 bridgehead atoms. The summed E-state index contributed by atoms with van der Waals surface area (Å²) in [6.07, 6.45) is 0. The molecule has 3 aromatic carbocycles. The van der Waals surface area contributed by atoms with Crippen molar-refractivity contribution in [1.82, 2.24) is 9.97 Å². The van der Waals surface area contributed by atoms with Crippen LogP contribution in [0.3, 0.4) is 0 Å². The molecular formula is C25H20N2O4. The number of nitrogens with zero attached hydrogens (tertiary/aromatic N) is 2. The van der Waals surface area contributed by atoms with Gasteiger partial charge in [0.15, 0.2) is 0 Å². The van der Waals surface area contributed by atoms with Crippen LogP contribution in [0, 0.1) is 6.92 Å². The smallest absolute Gasteiger partial charge is 0.308 e. The molecule has 1 heterocycles. The van der Waals surface area contributed by atoms with E-state index in [1.165, 1.54) is 13.8 Å². The lowest BCUT2D eigenvalue weighted by Gasteiger charge is -2.15. The highest BCUT2D eigenvalue weighted by Crippen LogP contribution is 2.39. The largest absolute Gasteiger partial charge is 0.426 e. The predicted molar refractivity (Wildman–Crippen MR) is 118 cm³/mol. The van der Waals surface area contributed by atoms with E-state index < -0.39 is 11.9 Å². The van der Waals surface area contributed by atoms with E-state index in [9.17, 15) is 9.59 Å². The van der Waals surface area contributed by atoms with Crippen molar-refractivity contribution in [3.05, 3.63) is 72.3 Å². The SMILES string of the molecule is CC(=O)Oc1ccccc1-c1nc2ccc(C)cc2nc1-c1ccccc1OC(C)=O. The second-order valence-corrected chi connectivity index (χ2v) is 7.09. The highest BCUT2D eigenvalue weighted by atomic mass is 16.5. The molecule has 154 valence electrons. The molecule has 4 aromatic rings. The molecule has 4 rings (SSSR count). The fourth-order valence-electron chi connectivity index (χ4n) is 3.35. The summed E-state index contributed by atoms with van der Waals surface area (Å²) in [4.78, 5) is 33.1. The van der Waals surface area contributed by atoms with Gasteiger partial charge in [-0.2, -0.15) is 0 Å². The summed E-state index contributed by atoms with van der Waals surface area (Å²) < 4.78 is 10.9. The summed E-state index contributed by atoms with van der Waals surface area (Å²) in [5.41, 5.74) is 4.73. The second-order valence-electron chi connectivity index (χ2n) is 7.09. The summed E-state index contributed by atoms with van der Waals surface area (Å²) in [6.45, 7) is 4.68. The monoisotopic (exact) mass is 412 g/mol. The van der Waals surface area contributed by atoms with Crippen LogP contribution in [0.2, 0.25) is 0 Å². The first-order chi connectivity index (χ1) is 14.9. The van der Waals surface area contributed by atoms with E-state index in [0.717, 1.165) is 5.56 Å². The van der Waals surface area contributed by atoms with Gasteiger partial charge in [0.1, 0.15) is 22.9 Å². The number of benzene rings is 3. The van der Waals surface area contributed by atoms with Crippen LogP contribution in [0.5, 0.6) is 11.5 Å². The van der Waals surface area contributed by atoms with Crippen molar-refractivity contribution in [2.24, 2.45) is 0 Å². The van der Waals surface area contributed by atoms with E-state index in [2.05, 4.69) is 0 Å². The summed E-state index contributed by atoms with van der Waals surface area (Å²) in [5, 5.41) is 0. The quantitative estimate of drug-likeness (QED) is 0.342. The van der Waals surface area contributed by atoms with Gasteiger partial charge in [-0.3, -0.25) is 9.59 Å². The Labute approximate surface area is 179 Å². The van der Waals surface area contributed by atoms with Gasteiger partial charge in [-0.05, 0) is 48.9 Å². The lowest BCUT2D eigenvalue weighted by atomic mass is 10.0. The van der Waals surface area contributed by atoms with Crippen molar-refractivity contribution in [2.45, 2.75) is 20.8 Å². The third kappa shape index (κ3) is 4.28. The molecule has 1 aromatic heterocycles. The molecule has 0 aliphatic carbocycles. The van der Waals surface area contributed by atoms with Crippen LogP contribution in [0.15, 0.2) is 66.7 Å². The number of aryl methyl sites for hydroxylation is 1. The maximum Gasteiger partial charge on any atom is 0.308 e. The molecule has 0 fully saturated rings. The van der Waals surface area contributed by atoms with E-state index in [1.807, 2.05) is 49.4 Å². The van der Waals surface area contributed by atoms with Crippen molar-refractivity contribution < 1.29 is 19.1 Å². The van der Waals surface area contributed by atoms with Crippen LogP contribution in [0.4, 0.5) is 0 Å². The zero-order chi connectivity index (χ0) is 22.0. The first kappa shape index (κ1) is 20.2. The van der Waals surface area contributed by atoms with Crippen LogP contribution >= 0.6 is 0 Å². The van der Waals surface area contributed by atoms with Crippen molar-refractivity contribution in [2.75, 3.05) is 0 Å². The number of aromatic nitrogens is 2. The van der Waals surface area contributed by atoms with Crippen LogP contribution in [0.25, 0.3) is 33.5 Å². The third-order valence-corrected chi connectivity index (χ3v) is 4.61. The Morgan fingerprint density at radius 1 is 0.677 bits per heavy atom. The van der Waals surface area contributed by atoms with E-state index in [4.69, 9.17) is 19.4 Å². The first-order valence-corrected chi connectivity index (χ1v) is 9.76. The normalized spacial score (nSPS) is 10.7. The topological polar surface area (TPSA) is 78.4 Å². The molecule has 0 aliphatic heterocycles. The zero-order valence-corrected chi connectivity index (χ0v) is 17.4. The summed E-state index contributed by atoms with van der Waals surface area (Å²) in [6, 6.07) is 20.1. The number of ether oxygens (including phenoxy) is 2. The van der Waals surface area contributed by atoms with Crippen molar-refractivity contribution >= 4 is 23.0 Å². The number of para-hydroxylation sites is 2. The molecule has 0 saturated carbocycles. The van der Waals surface area contributed by atoms with Gasteiger partial charge in [0.05, 0.1) is 11.0 Å². The average Bonchev–Trinajstić information content (AvgIpc) is 2.73. The molecule has 0 saturated heterocycles. The molecule has 0 aliphatic rings. The van der Waals surface area contributed by atoms with Gasteiger partial charge in [-0.1, -0.05) is 30.3 Å². The maximum atomic E-state index is 11.7. The molecule has 0 radical (unpaired) electrons. The Hall–Kier alpha value is -4.06. The van der Waals surface area contributed by atoms with Crippen molar-refractivity contribution in [3.8, 4) is 34.0 Å². The Balaban J connectivity index is 2.04. The predicted octanol–water partition coefficient (Wildman–Crippen LogP) is 5.12. The average molecular weight is 412 g/mol. The van der Waals surface area contributed by atoms with Gasteiger partial charge in [-0.25, -0.2) is 9.97 Å². The first-order valence-electron chi connectivity index (χ1n) is 9.76. The number of carbonyl (C=O) groups is 2. The molecule has 0 N–H and O–H groups in total. The fourth-order valence-corrected chi connectivity index (χ4v) is 3.35. The van der Waals surface area contributed by atoms with E-state index in [-0.39, 0.29) is 0 Å². The third-order valence-electron chi connectivity index (χ3n) is 4.61. The van der Waals surface area contributed by atoms with E-state index in [0.29, 0.717) is 45.0 Å². The van der Waals surface area contributed by atoms with E-state index >= 15 is 0 Å². The number of fused-ring (bicyclic) bond motifs is 1. The number of hydrogen-bond donors (Lipinski definition) is 0. The maximum absolute atomic E-state index is 11.7. The molecule has 0 amide bonds. The molecule has 6 heteroatoms. The molecule has 0 unspecified atom stereocenters. The van der Waals surface area contributed by atoms with Crippen LogP contribution in [0.1, 0.15) is 19.4 Å². The summed E-state index contributed by atoms with van der Waals surface area (Å²) >= 11 is 0. The Morgan fingerprint density at radius 2 is 1.16 bits per heavy atom. The molecular weight excluding hydrogens is 392 g/mol. The van der Waals surface area contributed by atoms with Gasteiger partial charge in [0, 0.05) is 25.0 Å². The van der Waals surface area contributed by atoms with Gasteiger partial charge in [-0.15, -0.1) is 0 Å². The van der Waals surface area contributed by atoms with Gasteiger partial charge >= 0.3 is 11.9 Å². The standard InChI is InChI=1S/C25H20N2O4/c1-15-12-13-20-21(14-15)27-25(19-9-5-7-11-23(19)31-17(3)29)24(26-20)18-8-4-6-10-22(18)30-16(2)28/h4-14H,1-3H3. The second kappa shape index (κ2) is 8.36. The lowest BCUT2D eigenvalue weighted by molar-refractivity contribution is -0.132. The Kier molecular flexibility index (Phi) is 5.45. The minimum atomic E-state index is -0.432.